The molecule has 0 aliphatic carbocycles. The first kappa shape index (κ1) is 22.7. The SMILES string of the molecule is CC[C@@H](C)[C@H](NS(=O)(=O)c1ccc(C)cc1)C(=O)Oc1ccc2c(C)cc(=O)oc2c1. The fourth-order valence-electron chi connectivity index (χ4n) is 3.13. The number of hydrogen-bond acceptors (Lipinski definition) is 6. The molecule has 7 nitrogen and oxygen atoms in total. The molecule has 0 aliphatic heterocycles. The summed E-state index contributed by atoms with van der Waals surface area (Å²) in [5.41, 5.74) is 1.45. The van der Waals surface area contributed by atoms with Crippen LogP contribution in [0, 0.1) is 19.8 Å². The smallest absolute Gasteiger partial charge is 0.336 e. The van der Waals surface area contributed by atoms with Crippen molar-refractivity contribution in [3.63, 3.8) is 0 Å². The van der Waals surface area contributed by atoms with Crippen molar-refractivity contribution in [2.45, 2.75) is 45.1 Å². The summed E-state index contributed by atoms with van der Waals surface area (Å²) < 4.78 is 38.7. The number of fused-ring (bicyclic) bond motifs is 1. The molecule has 0 amide bonds. The molecule has 0 bridgehead atoms. The number of sulfonamides is 1. The molecule has 0 radical (unpaired) electrons. The number of nitrogens with one attached hydrogen (secondary N) is 1. The number of carbonyl (C=O) groups excluding carboxylic acids is 1. The molecule has 0 fully saturated rings. The van der Waals surface area contributed by atoms with Gasteiger partial charge in [-0.3, -0.25) is 0 Å². The number of rotatable bonds is 7. The van der Waals surface area contributed by atoms with E-state index in [1.807, 2.05) is 13.8 Å². The fraction of sp³-hybridized carbons (Fsp3) is 0.304. The summed E-state index contributed by atoms with van der Waals surface area (Å²) in [6, 6.07) is 11.4. The molecule has 0 unspecified atom stereocenters. The van der Waals surface area contributed by atoms with Gasteiger partial charge in [0.2, 0.25) is 10.0 Å². The number of ether oxygens (including phenoxy) is 1. The first-order chi connectivity index (χ1) is 14.6. The molecule has 3 rings (SSSR count). The molecule has 0 aliphatic rings. The number of esters is 1. The monoisotopic (exact) mass is 443 g/mol. The molecule has 1 heterocycles. The molecule has 3 aromatic rings. The number of hydrogen-bond donors (Lipinski definition) is 1. The molecular formula is C23H25NO6S. The normalized spacial score (nSPS) is 13.7. The zero-order valence-electron chi connectivity index (χ0n) is 17.8. The summed E-state index contributed by atoms with van der Waals surface area (Å²) in [5, 5.41) is 0.720. The van der Waals surface area contributed by atoms with E-state index in [0.717, 1.165) is 16.5 Å². The van der Waals surface area contributed by atoms with Gasteiger partial charge in [0.15, 0.2) is 0 Å². The molecule has 2 aromatic carbocycles. The number of aryl methyl sites for hydroxylation is 2. The van der Waals surface area contributed by atoms with E-state index < -0.39 is 27.7 Å². The summed E-state index contributed by atoms with van der Waals surface area (Å²) in [7, 11) is -3.93. The van der Waals surface area contributed by atoms with Gasteiger partial charge in [-0.05, 0) is 49.6 Å². The van der Waals surface area contributed by atoms with E-state index in [0.29, 0.717) is 6.42 Å². The first-order valence-corrected chi connectivity index (χ1v) is 11.4. The lowest BCUT2D eigenvalue weighted by Gasteiger charge is -2.22. The van der Waals surface area contributed by atoms with Crippen LogP contribution >= 0.6 is 0 Å². The molecule has 0 saturated carbocycles. The molecule has 2 atom stereocenters. The zero-order valence-corrected chi connectivity index (χ0v) is 18.7. The van der Waals surface area contributed by atoms with Gasteiger partial charge in [-0.25, -0.2) is 18.0 Å². The molecule has 1 N–H and O–H groups in total. The minimum atomic E-state index is -3.93. The second-order valence-electron chi connectivity index (χ2n) is 7.63. The largest absolute Gasteiger partial charge is 0.425 e. The third-order valence-corrected chi connectivity index (χ3v) is 6.68. The third kappa shape index (κ3) is 5.21. The second kappa shape index (κ2) is 9.03. The minimum Gasteiger partial charge on any atom is -0.425 e. The standard InChI is InChI=1S/C23H25NO6S/c1-5-15(3)22(24-31(27,28)18-9-6-14(2)7-10-18)23(26)29-17-8-11-19-16(4)12-21(25)30-20(19)13-17/h6-13,15,22,24H,5H2,1-4H3/t15-,22+/m1/s1. The van der Waals surface area contributed by atoms with E-state index in [1.165, 1.54) is 24.3 Å². The Labute approximate surface area is 181 Å². The minimum absolute atomic E-state index is 0.0714. The third-order valence-electron chi connectivity index (χ3n) is 5.22. The van der Waals surface area contributed by atoms with Crippen molar-refractivity contribution in [1.29, 1.82) is 0 Å². The summed E-state index contributed by atoms with van der Waals surface area (Å²) in [4.78, 5) is 24.6. The van der Waals surface area contributed by atoms with Crippen LogP contribution in [-0.2, 0) is 14.8 Å². The predicted molar refractivity (Wildman–Crippen MR) is 118 cm³/mol. The van der Waals surface area contributed by atoms with E-state index in [-0.39, 0.29) is 22.1 Å². The number of carbonyl (C=O) groups is 1. The molecule has 1 aromatic heterocycles. The van der Waals surface area contributed by atoms with Gasteiger partial charge in [0.25, 0.3) is 0 Å². The molecular weight excluding hydrogens is 418 g/mol. The fourth-order valence-corrected chi connectivity index (χ4v) is 4.43. The maximum atomic E-state index is 12.9. The highest BCUT2D eigenvalue weighted by Crippen LogP contribution is 2.23. The number of benzene rings is 2. The van der Waals surface area contributed by atoms with Crippen molar-refractivity contribution < 1.29 is 22.4 Å². The summed E-state index contributed by atoms with van der Waals surface area (Å²) >= 11 is 0. The second-order valence-corrected chi connectivity index (χ2v) is 9.34. The van der Waals surface area contributed by atoms with Crippen molar-refractivity contribution in [1.82, 2.24) is 4.72 Å². The van der Waals surface area contributed by atoms with Crippen LogP contribution in [0.2, 0.25) is 0 Å². The van der Waals surface area contributed by atoms with Crippen LogP contribution in [0.15, 0.2) is 62.6 Å². The van der Waals surface area contributed by atoms with Gasteiger partial charge in [-0.1, -0.05) is 38.0 Å². The predicted octanol–water partition coefficient (Wildman–Crippen LogP) is 3.71. The maximum Gasteiger partial charge on any atom is 0.336 e. The van der Waals surface area contributed by atoms with Gasteiger partial charge in [-0.2, -0.15) is 4.72 Å². The van der Waals surface area contributed by atoms with E-state index >= 15 is 0 Å². The van der Waals surface area contributed by atoms with Crippen molar-refractivity contribution in [2.75, 3.05) is 0 Å². The lowest BCUT2D eigenvalue weighted by Crippen LogP contribution is -2.46. The molecule has 0 saturated heterocycles. The van der Waals surface area contributed by atoms with Crippen molar-refractivity contribution in [3.05, 3.63) is 70.1 Å². The Bertz CT molecular complexity index is 1260. The zero-order chi connectivity index (χ0) is 22.8. The van der Waals surface area contributed by atoms with Crippen LogP contribution in [-0.4, -0.2) is 20.4 Å². The van der Waals surface area contributed by atoms with E-state index in [9.17, 15) is 18.0 Å². The molecule has 8 heteroatoms. The van der Waals surface area contributed by atoms with Crippen LogP contribution in [0.1, 0.15) is 31.4 Å². The van der Waals surface area contributed by atoms with E-state index in [2.05, 4.69) is 4.72 Å². The van der Waals surface area contributed by atoms with Crippen LogP contribution in [0.3, 0.4) is 0 Å². The topological polar surface area (TPSA) is 103 Å². The van der Waals surface area contributed by atoms with Crippen LogP contribution in [0.4, 0.5) is 0 Å². The Morgan fingerprint density at radius 1 is 1.10 bits per heavy atom. The summed E-state index contributed by atoms with van der Waals surface area (Å²) in [6.07, 6.45) is 0.558. The van der Waals surface area contributed by atoms with Gasteiger partial charge in [0, 0.05) is 17.5 Å². The van der Waals surface area contributed by atoms with Gasteiger partial charge >= 0.3 is 11.6 Å². The highest BCUT2D eigenvalue weighted by atomic mass is 32.2. The van der Waals surface area contributed by atoms with Crippen molar-refractivity contribution in [3.8, 4) is 5.75 Å². The van der Waals surface area contributed by atoms with Crippen molar-refractivity contribution >= 4 is 27.0 Å². The Balaban J connectivity index is 1.87. The lowest BCUT2D eigenvalue weighted by atomic mass is 10.0. The highest BCUT2D eigenvalue weighted by molar-refractivity contribution is 7.89. The van der Waals surface area contributed by atoms with Gasteiger partial charge in [0.1, 0.15) is 17.4 Å². The first-order valence-electron chi connectivity index (χ1n) is 9.96. The highest BCUT2D eigenvalue weighted by Gasteiger charge is 2.31. The Kier molecular flexibility index (Phi) is 6.62. The van der Waals surface area contributed by atoms with Gasteiger partial charge < -0.3 is 9.15 Å². The molecule has 164 valence electrons. The average Bonchev–Trinajstić information content (AvgIpc) is 2.71. The van der Waals surface area contributed by atoms with Crippen LogP contribution in [0.25, 0.3) is 11.0 Å². The van der Waals surface area contributed by atoms with Gasteiger partial charge in [0.05, 0.1) is 4.90 Å². The maximum absolute atomic E-state index is 12.9. The summed E-state index contributed by atoms with van der Waals surface area (Å²) in [6.45, 7) is 7.27. The van der Waals surface area contributed by atoms with Gasteiger partial charge in [-0.15, -0.1) is 0 Å². The van der Waals surface area contributed by atoms with Crippen LogP contribution < -0.4 is 15.1 Å². The molecule has 31 heavy (non-hydrogen) atoms. The summed E-state index contributed by atoms with van der Waals surface area (Å²) in [5.74, 6) is -0.887. The van der Waals surface area contributed by atoms with Crippen molar-refractivity contribution in [2.24, 2.45) is 5.92 Å². The Morgan fingerprint density at radius 2 is 1.77 bits per heavy atom. The van der Waals surface area contributed by atoms with E-state index in [4.69, 9.17) is 9.15 Å². The lowest BCUT2D eigenvalue weighted by molar-refractivity contribution is -0.137. The van der Waals surface area contributed by atoms with Crippen LogP contribution in [0.5, 0.6) is 5.75 Å². The average molecular weight is 444 g/mol. The quantitative estimate of drug-likeness (QED) is 0.339. The van der Waals surface area contributed by atoms with E-state index in [1.54, 1.807) is 38.1 Å². The Morgan fingerprint density at radius 3 is 2.42 bits per heavy atom. The molecule has 0 spiro atoms. The Hall–Kier alpha value is -2.97.